The number of carbonyl (C=O) groups is 1. The molecule has 1 aliphatic carbocycles. The van der Waals surface area contributed by atoms with Gasteiger partial charge >= 0.3 is 15.6 Å². The van der Waals surface area contributed by atoms with Gasteiger partial charge in [0.1, 0.15) is 5.75 Å². The third-order valence-electron chi connectivity index (χ3n) is 3.44. The van der Waals surface area contributed by atoms with Gasteiger partial charge in [-0.3, -0.25) is 4.79 Å². The number of halogens is 3. The number of phenols is 1. The number of aromatic hydroxyl groups is 1. The van der Waals surface area contributed by atoms with Crippen molar-refractivity contribution in [1.29, 1.82) is 0 Å². The second-order valence-electron chi connectivity index (χ2n) is 5.01. The van der Waals surface area contributed by atoms with Gasteiger partial charge < -0.3 is 9.29 Å². The highest BCUT2D eigenvalue weighted by Crippen LogP contribution is 2.35. The van der Waals surface area contributed by atoms with E-state index < -0.39 is 32.9 Å². The molecule has 1 aromatic carbocycles. The summed E-state index contributed by atoms with van der Waals surface area (Å²) in [6.07, 6.45) is 2.83. The van der Waals surface area contributed by atoms with Crippen LogP contribution in [0.5, 0.6) is 11.5 Å². The molecule has 1 saturated carbocycles. The van der Waals surface area contributed by atoms with E-state index in [0.29, 0.717) is 18.9 Å². The monoisotopic (exact) mass is 338 g/mol. The molecule has 0 atom stereocenters. The lowest BCUT2D eigenvalue weighted by Gasteiger charge is -2.14. The molecule has 122 valence electrons. The Morgan fingerprint density at radius 2 is 1.82 bits per heavy atom. The molecule has 0 heterocycles. The Labute approximate surface area is 124 Å². The van der Waals surface area contributed by atoms with E-state index in [1.807, 2.05) is 0 Å². The number of Topliss-reactive ketones (excluding diaryl/α,β-unsaturated/α-hetero) is 1. The molecule has 0 unspecified atom stereocenters. The predicted octanol–water partition coefficient (Wildman–Crippen LogP) is 2.99. The minimum Gasteiger partial charge on any atom is -0.508 e. The summed E-state index contributed by atoms with van der Waals surface area (Å²) in [7, 11) is -5.91. The minimum absolute atomic E-state index is 0.280. The van der Waals surface area contributed by atoms with Gasteiger partial charge in [0.25, 0.3) is 0 Å². The molecule has 0 amide bonds. The summed E-state index contributed by atoms with van der Waals surface area (Å²) < 4.78 is 63.4. The third-order valence-corrected chi connectivity index (χ3v) is 4.41. The highest BCUT2D eigenvalue weighted by Gasteiger charge is 2.49. The lowest BCUT2D eigenvalue weighted by molar-refractivity contribution is -0.0500. The average molecular weight is 338 g/mol. The van der Waals surface area contributed by atoms with Crippen LogP contribution in [-0.2, 0) is 10.1 Å². The topological polar surface area (TPSA) is 80.7 Å². The molecule has 1 fully saturated rings. The van der Waals surface area contributed by atoms with E-state index in [1.54, 1.807) is 0 Å². The van der Waals surface area contributed by atoms with Gasteiger partial charge in [0.2, 0.25) is 0 Å². The first-order valence-corrected chi connectivity index (χ1v) is 7.90. The number of benzene rings is 1. The molecule has 0 saturated heterocycles. The van der Waals surface area contributed by atoms with Gasteiger partial charge in [0.05, 0.1) is 5.56 Å². The van der Waals surface area contributed by atoms with Gasteiger partial charge in [0, 0.05) is 12.0 Å². The van der Waals surface area contributed by atoms with Crippen LogP contribution in [0.4, 0.5) is 13.2 Å². The number of ketones is 1. The molecule has 5 nitrogen and oxygen atoms in total. The number of hydrogen-bond acceptors (Lipinski definition) is 5. The highest BCUT2D eigenvalue weighted by atomic mass is 32.2. The number of carbonyl (C=O) groups excluding carboxylic acids is 1. The van der Waals surface area contributed by atoms with Gasteiger partial charge in [-0.15, -0.1) is 0 Å². The first kappa shape index (κ1) is 16.6. The fourth-order valence-electron chi connectivity index (χ4n) is 2.36. The van der Waals surface area contributed by atoms with Crippen molar-refractivity contribution in [2.75, 3.05) is 0 Å². The molecular formula is C13H13F3O5S. The van der Waals surface area contributed by atoms with Gasteiger partial charge in [0.15, 0.2) is 11.5 Å². The van der Waals surface area contributed by atoms with Gasteiger partial charge in [-0.2, -0.15) is 21.6 Å². The molecule has 0 spiro atoms. The van der Waals surface area contributed by atoms with E-state index in [4.69, 9.17) is 0 Å². The standard InChI is InChI=1S/C13H13F3O5S/c14-13(15,16)22(19,20)21-11-7-9(17)5-6-10(11)12(18)8-3-1-2-4-8/h5-8,17H,1-4H2. The molecule has 0 bridgehead atoms. The summed E-state index contributed by atoms with van der Waals surface area (Å²) in [5, 5.41) is 9.32. The molecule has 22 heavy (non-hydrogen) atoms. The SMILES string of the molecule is O=C(c1ccc(O)cc1OS(=O)(=O)C(F)(F)F)C1CCCC1. The summed E-state index contributed by atoms with van der Waals surface area (Å²) in [6.45, 7) is 0. The summed E-state index contributed by atoms with van der Waals surface area (Å²) >= 11 is 0. The molecular weight excluding hydrogens is 325 g/mol. The highest BCUT2D eigenvalue weighted by molar-refractivity contribution is 7.88. The van der Waals surface area contributed by atoms with Gasteiger partial charge in [-0.05, 0) is 25.0 Å². The van der Waals surface area contributed by atoms with E-state index in [9.17, 15) is 31.5 Å². The Kier molecular flexibility index (Phi) is 4.37. The minimum atomic E-state index is -5.91. The van der Waals surface area contributed by atoms with E-state index in [-0.39, 0.29) is 11.5 Å². The largest absolute Gasteiger partial charge is 0.534 e. The first-order valence-electron chi connectivity index (χ1n) is 6.50. The van der Waals surface area contributed by atoms with Crippen molar-refractivity contribution < 1.29 is 35.7 Å². The van der Waals surface area contributed by atoms with Crippen molar-refractivity contribution >= 4 is 15.9 Å². The fourth-order valence-corrected chi connectivity index (χ4v) is 2.83. The van der Waals surface area contributed by atoms with Gasteiger partial charge in [-0.1, -0.05) is 12.8 Å². The molecule has 0 aliphatic heterocycles. The lowest BCUT2D eigenvalue weighted by Crippen LogP contribution is -2.28. The van der Waals surface area contributed by atoms with E-state index in [0.717, 1.165) is 25.0 Å². The van der Waals surface area contributed by atoms with Crippen LogP contribution in [0, 0.1) is 5.92 Å². The maximum atomic E-state index is 12.4. The molecule has 2 rings (SSSR count). The second-order valence-corrected chi connectivity index (χ2v) is 6.55. The van der Waals surface area contributed by atoms with Crippen LogP contribution in [0.2, 0.25) is 0 Å². The zero-order valence-corrected chi connectivity index (χ0v) is 12.1. The van der Waals surface area contributed by atoms with Crippen LogP contribution in [0.15, 0.2) is 18.2 Å². The first-order chi connectivity index (χ1) is 10.1. The van der Waals surface area contributed by atoms with Crippen LogP contribution in [0.3, 0.4) is 0 Å². The molecule has 0 aromatic heterocycles. The maximum absolute atomic E-state index is 12.4. The van der Waals surface area contributed by atoms with Crippen LogP contribution in [-0.4, -0.2) is 24.8 Å². The van der Waals surface area contributed by atoms with Crippen molar-refractivity contribution in [3.63, 3.8) is 0 Å². The molecule has 1 aromatic rings. The number of phenolic OH excluding ortho intramolecular Hbond substituents is 1. The summed E-state index contributed by atoms with van der Waals surface area (Å²) in [6, 6.07) is 2.85. The quantitative estimate of drug-likeness (QED) is 0.518. The smallest absolute Gasteiger partial charge is 0.508 e. The number of hydrogen-bond donors (Lipinski definition) is 1. The van der Waals surface area contributed by atoms with Crippen molar-refractivity contribution in [2.24, 2.45) is 5.92 Å². The van der Waals surface area contributed by atoms with Crippen LogP contribution in [0.25, 0.3) is 0 Å². The molecule has 9 heteroatoms. The predicted molar refractivity (Wildman–Crippen MR) is 70.0 cm³/mol. The summed E-state index contributed by atoms with van der Waals surface area (Å²) in [5.41, 5.74) is -5.90. The van der Waals surface area contributed by atoms with Crippen LogP contribution >= 0.6 is 0 Å². The Morgan fingerprint density at radius 3 is 2.36 bits per heavy atom. The fraction of sp³-hybridized carbons (Fsp3) is 0.462. The van der Waals surface area contributed by atoms with Crippen molar-refractivity contribution in [3.8, 4) is 11.5 Å². The van der Waals surface area contributed by atoms with E-state index in [1.165, 1.54) is 0 Å². The van der Waals surface area contributed by atoms with Crippen LogP contribution in [0.1, 0.15) is 36.0 Å². The Hall–Kier alpha value is -1.77. The lowest BCUT2D eigenvalue weighted by atomic mass is 9.95. The van der Waals surface area contributed by atoms with E-state index in [2.05, 4.69) is 4.18 Å². The Balaban J connectivity index is 2.38. The zero-order valence-electron chi connectivity index (χ0n) is 11.3. The average Bonchev–Trinajstić information content (AvgIpc) is 2.90. The Bertz CT molecular complexity index is 675. The normalized spacial score (nSPS) is 16.7. The maximum Gasteiger partial charge on any atom is 0.534 e. The van der Waals surface area contributed by atoms with Crippen molar-refractivity contribution in [1.82, 2.24) is 0 Å². The van der Waals surface area contributed by atoms with Crippen LogP contribution < -0.4 is 4.18 Å². The second kappa shape index (κ2) is 5.79. The summed E-state index contributed by atoms with van der Waals surface area (Å²) in [5.74, 6) is -2.17. The van der Waals surface area contributed by atoms with Crippen molar-refractivity contribution in [3.05, 3.63) is 23.8 Å². The summed E-state index contributed by atoms with van der Waals surface area (Å²) in [4.78, 5) is 12.3. The third kappa shape index (κ3) is 3.34. The number of rotatable bonds is 4. The molecule has 1 aliphatic rings. The zero-order chi connectivity index (χ0) is 16.5. The number of alkyl halides is 3. The van der Waals surface area contributed by atoms with E-state index >= 15 is 0 Å². The molecule has 1 N–H and O–H groups in total. The van der Waals surface area contributed by atoms with Crippen molar-refractivity contribution in [2.45, 2.75) is 31.2 Å². The van der Waals surface area contributed by atoms with Gasteiger partial charge in [-0.25, -0.2) is 0 Å². The Morgan fingerprint density at radius 1 is 1.23 bits per heavy atom. The molecule has 0 radical (unpaired) electrons.